The van der Waals surface area contributed by atoms with Gasteiger partial charge in [0.05, 0.1) is 12.2 Å². The Morgan fingerprint density at radius 2 is 1.95 bits per heavy atom. The second kappa shape index (κ2) is 7.41. The fourth-order valence-corrected chi connectivity index (χ4v) is 2.08. The lowest BCUT2D eigenvalue weighted by atomic mass is 10.1. The Bertz CT molecular complexity index is 617. The third-order valence-corrected chi connectivity index (χ3v) is 3.53. The highest BCUT2D eigenvalue weighted by molar-refractivity contribution is 6.32. The lowest BCUT2D eigenvalue weighted by Gasteiger charge is -2.14. The highest BCUT2D eigenvalue weighted by atomic mass is 35.5. The number of carbonyl (C=O) groups excluding carboxylic acids is 1. The van der Waals surface area contributed by atoms with Gasteiger partial charge in [0.2, 0.25) is 5.91 Å². The van der Waals surface area contributed by atoms with Gasteiger partial charge in [-0.2, -0.15) is 0 Å². The van der Waals surface area contributed by atoms with E-state index in [4.69, 9.17) is 23.2 Å². The molecule has 21 heavy (non-hydrogen) atoms. The monoisotopic (exact) mass is 323 g/mol. The van der Waals surface area contributed by atoms with Gasteiger partial charge in [0.1, 0.15) is 0 Å². The van der Waals surface area contributed by atoms with Gasteiger partial charge < -0.3 is 10.6 Å². The molecule has 1 atom stereocenters. The molecule has 1 heterocycles. The van der Waals surface area contributed by atoms with Crippen molar-refractivity contribution in [1.82, 2.24) is 10.3 Å². The number of hydrogen-bond acceptors (Lipinski definition) is 3. The van der Waals surface area contributed by atoms with Gasteiger partial charge in [0, 0.05) is 17.3 Å². The first-order chi connectivity index (χ1) is 10.1. The number of benzene rings is 1. The summed E-state index contributed by atoms with van der Waals surface area (Å²) in [5, 5.41) is 6.81. The van der Waals surface area contributed by atoms with Crippen LogP contribution in [-0.4, -0.2) is 17.4 Å². The third kappa shape index (κ3) is 4.70. The van der Waals surface area contributed by atoms with Crippen LogP contribution < -0.4 is 10.6 Å². The molecule has 2 N–H and O–H groups in total. The molecule has 0 aliphatic carbocycles. The summed E-state index contributed by atoms with van der Waals surface area (Å²) < 4.78 is 0. The van der Waals surface area contributed by atoms with Crippen molar-refractivity contribution in [3.05, 3.63) is 58.3 Å². The highest BCUT2D eigenvalue weighted by Crippen LogP contribution is 2.18. The summed E-state index contributed by atoms with van der Waals surface area (Å²) in [5.41, 5.74) is 1.57. The maximum Gasteiger partial charge on any atom is 0.238 e. The third-order valence-electron chi connectivity index (χ3n) is 2.97. The van der Waals surface area contributed by atoms with Crippen molar-refractivity contribution in [2.75, 3.05) is 11.9 Å². The largest absolute Gasteiger partial charge is 0.322 e. The van der Waals surface area contributed by atoms with E-state index in [0.717, 1.165) is 5.56 Å². The number of aromatic nitrogens is 1. The Labute approximate surface area is 133 Å². The molecule has 0 bridgehead atoms. The molecule has 0 unspecified atom stereocenters. The fraction of sp³-hybridized carbons (Fsp3) is 0.200. The number of anilines is 1. The molecular weight excluding hydrogens is 309 g/mol. The summed E-state index contributed by atoms with van der Waals surface area (Å²) in [7, 11) is 0. The van der Waals surface area contributed by atoms with E-state index in [0.29, 0.717) is 10.7 Å². The zero-order valence-electron chi connectivity index (χ0n) is 11.4. The van der Waals surface area contributed by atoms with Gasteiger partial charge >= 0.3 is 0 Å². The average molecular weight is 324 g/mol. The molecule has 2 aromatic rings. The van der Waals surface area contributed by atoms with Gasteiger partial charge in [-0.25, -0.2) is 4.98 Å². The molecule has 0 spiro atoms. The SMILES string of the molecule is C[C@H](NCC(=O)Nc1cccnc1Cl)c1ccc(Cl)cc1. The molecule has 1 aromatic carbocycles. The Morgan fingerprint density at radius 3 is 2.62 bits per heavy atom. The number of rotatable bonds is 5. The second-order valence-electron chi connectivity index (χ2n) is 4.54. The van der Waals surface area contributed by atoms with Crippen LogP contribution in [0.2, 0.25) is 10.2 Å². The van der Waals surface area contributed by atoms with Crippen LogP contribution in [0.5, 0.6) is 0 Å². The summed E-state index contributed by atoms with van der Waals surface area (Å²) >= 11 is 11.7. The van der Waals surface area contributed by atoms with Gasteiger partial charge in [-0.3, -0.25) is 4.79 Å². The predicted octanol–water partition coefficient (Wildman–Crippen LogP) is 3.68. The van der Waals surface area contributed by atoms with Gasteiger partial charge in [0.15, 0.2) is 5.15 Å². The minimum absolute atomic E-state index is 0.0392. The first-order valence-electron chi connectivity index (χ1n) is 6.45. The predicted molar refractivity (Wildman–Crippen MR) is 85.7 cm³/mol. The van der Waals surface area contributed by atoms with E-state index in [-0.39, 0.29) is 23.6 Å². The highest BCUT2D eigenvalue weighted by Gasteiger charge is 2.09. The van der Waals surface area contributed by atoms with Crippen LogP contribution in [0.4, 0.5) is 5.69 Å². The lowest BCUT2D eigenvalue weighted by Crippen LogP contribution is -2.30. The zero-order valence-corrected chi connectivity index (χ0v) is 12.9. The summed E-state index contributed by atoms with van der Waals surface area (Å²) in [6, 6.07) is 11.0. The van der Waals surface area contributed by atoms with Gasteiger partial charge in [-0.05, 0) is 36.8 Å². The van der Waals surface area contributed by atoms with Crippen LogP contribution in [0.25, 0.3) is 0 Å². The minimum Gasteiger partial charge on any atom is -0.322 e. The summed E-state index contributed by atoms with van der Waals surface area (Å²) in [5.74, 6) is -0.175. The normalized spacial score (nSPS) is 12.0. The van der Waals surface area contributed by atoms with Gasteiger partial charge in [-0.15, -0.1) is 0 Å². The molecule has 0 fully saturated rings. The average Bonchev–Trinajstić information content (AvgIpc) is 2.48. The number of pyridine rings is 1. The fourth-order valence-electron chi connectivity index (χ4n) is 1.79. The smallest absolute Gasteiger partial charge is 0.238 e. The maximum absolute atomic E-state index is 11.9. The molecule has 1 amide bonds. The van der Waals surface area contributed by atoms with E-state index in [2.05, 4.69) is 15.6 Å². The summed E-state index contributed by atoms with van der Waals surface area (Å²) in [4.78, 5) is 15.8. The molecule has 0 aliphatic heterocycles. The number of carbonyl (C=O) groups is 1. The van der Waals surface area contributed by atoms with Crippen LogP contribution in [0.3, 0.4) is 0 Å². The molecule has 4 nitrogen and oxygen atoms in total. The standard InChI is InChI=1S/C15H15Cl2N3O/c1-10(11-4-6-12(16)7-5-11)19-9-14(21)20-13-3-2-8-18-15(13)17/h2-8,10,19H,9H2,1H3,(H,20,21)/t10-/m0/s1. The zero-order chi connectivity index (χ0) is 15.2. The number of halogens is 2. The van der Waals surface area contributed by atoms with E-state index in [9.17, 15) is 4.79 Å². The molecule has 0 aliphatic rings. The van der Waals surface area contributed by atoms with Crippen molar-refractivity contribution in [3.63, 3.8) is 0 Å². The number of nitrogens with zero attached hydrogens (tertiary/aromatic N) is 1. The first-order valence-corrected chi connectivity index (χ1v) is 7.21. The van der Waals surface area contributed by atoms with E-state index in [1.807, 2.05) is 31.2 Å². The van der Waals surface area contributed by atoms with E-state index in [1.165, 1.54) is 0 Å². The summed E-state index contributed by atoms with van der Waals surface area (Å²) in [6.45, 7) is 2.16. The topological polar surface area (TPSA) is 54.0 Å². The van der Waals surface area contributed by atoms with Crippen molar-refractivity contribution in [2.24, 2.45) is 0 Å². The molecular formula is C15H15Cl2N3O. The Morgan fingerprint density at radius 1 is 1.24 bits per heavy atom. The van der Waals surface area contributed by atoms with Crippen molar-refractivity contribution in [3.8, 4) is 0 Å². The molecule has 6 heteroatoms. The molecule has 0 saturated heterocycles. The maximum atomic E-state index is 11.9. The second-order valence-corrected chi connectivity index (χ2v) is 5.34. The molecule has 0 radical (unpaired) electrons. The number of nitrogens with one attached hydrogen (secondary N) is 2. The van der Waals surface area contributed by atoms with E-state index < -0.39 is 0 Å². The summed E-state index contributed by atoms with van der Waals surface area (Å²) in [6.07, 6.45) is 1.57. The minimum atomic E-state index is -0.175. The van der Waals surface area contributed by atoms with Crippen LogP contribution >= 0.6 is 23.2 Å². The van der Waals surface area contributed by atoms with Gasteiger partial charge in [0.25, 0.3) is 0 Å². The number of hydrogen-bond donors (Lipinski definition) is 2. The van der Waals surface area contributed by atoms with Crippen LogP contribution in [0.1, 0.15) is 18.5 Å². The Balaban J connectivity index is 1.86. The van der Waals surface area contributed by atoms with E-state index >= 15 is 0 Å². The Kier molecular flexibility index (Phi) is 5.56. The molecule has 1 aromatic heterocycles. The molecule has 110 valence electrons. The molecule has 0 saturated carbocycles. The van der Waals surface area contributed by atoms with Crippen molar-refractivity contribution < 1.29 is 4.79 Å². The Hall–Kier alpha value is -1.62. The quantitative estimate of drug-likeness (QED) is 0.825. The van der Waals surface area contributed by atoms with E-state index in [1.54, 1.807) is 18.3 Å². The van der Waals surface area contributed by atoms with Crippen molar-refractivity contribution in [1.29, 1.82) is 0 Å². The van der Waals surface area contributed by atoms with Gasteiger partial charge in [-0.1, -0.05) is 35.3 Å². The number of amides is 1. The molecule has 2 rings (SSSR count). The first kappa shape index (κ1) is 15.8. The van der Waals surface area contributed by atoms with Crippen molar-refractivity contribution in [2.45, 2.75) is 13.0 Å². The van der Waals surface area contributed by atoms with Crippen molar-refractivity contribution >= 4 is 34.8 Å². The lowest BCUT2D eigenvalue weighted by molar-refractivity contribution is -0.115. The van der Waals surface area contributed by atoms with Crippen LogP contribution in [-0.2, 0) is 4.79 Å². The van der Waals surface area contributed by atoms with Crippen LogP contribution in [0.15, 0.2) is 42.6 Å². The van der Waals surface area contributed by atoms with Crippen LogP contribution in [0, 0.1) is 0 Å².